The Balaban J connectivity index is 1.84. The molecule has 2 atom stereocenters. The maximum Gasteiger partial charge on any atom is 0.194 e. The van der Waals surface area contributed by atoms with Gasteiger partial charge in [-0.2, -0.15) is 5.10 Å². The zero-order chi connectivity index (χ0) is 17.4. The molecule has 1 aliphatic rings. The summed E-state index contributed by atoms with van der Waals surface area (Å²) in [6.45, 7) is 2.24. The minimum absolute atomic E-state index is 0.116. The Morgan fingerprint density at radius 2 is 1.88 bits per heavy atom. The number of rotatable bonds is 4. The van der Waals surface area contributed by atoms with Crippen molar-refractivity contribution in [1.82, 2.24) is 15.1 Å². The number of hydrogen-bond donors (Lipinski definition) is 1. The number of nitrogens with one attached hydrogen (secondary N) is 1. The number of aryl methyl sites for hydroxylation is 1. The second kappa shape index (κ2) is 6.55. The summed E-state index contributed by atoms with van der Waals surface area (Å²) in [6.07, 6.45) is 1.09. The first-order valence-electron chi connectivity index (χ1n) is 7.91. The number of nitrogens with zero attached hydrogens (tertiary/aromatic N) is 2. The fourth-order valence-electron chi connectivity index (χ4n) is 3.30. The molecule has 0 aliphatic heterocycles. The fraction of sp³-hybridized carbons (Fsp3) is 0.471. The minimum atomic E-state index is -1.48. The summed E-state index contributed by atoms with van der Waals surface area (Å²) in [5.74, 6) is -3.95. The summed E-state index contributed by atoms with van der Waals surface area (Å²) >= 11 is 0. The van der Waals surface area contributed by atoms with Crippen LogP contribution in [0, 0.1) is 24.4 Å². The third-order valence-electron chi connectivity index (χ3n) is 4.57. The van der Waals surface area contributed by atoms with Gasteiger partial charge in [-0.25, -0.2) is 17.6 Å². The smallest absolute Gasteiger partial charge is 0.194 e. The monoisotopic (exact) mass is 341 g/mol. The molecule has 1 heterocycles. The molecule has 3 nitrogen and oxygen atoms in total. The van der Waals surface area contributed by atoms with Crippen LogP contribution in [-0.4, -0.2) is 22.0 Å². The maximum absolute atomic E-state index is 13.5. The first-order valence-corrected chi connectivity index (χ1v) is 7.91. The second-order valence-corrected chi connectivity index (χ2v) is 6.29. The number of benzene rings is 1. The molecule has 1 saturated carbocycles. The van der Waals surface area contributed by atoms with E-state index in [0.717, 1.165) is 29.8 Å². The van der Waals surface area contributed by atoms with Gasteiger partial charge in [0.2, 0.25) is 0 Å². The van der Waals surface area contributed by atoms with Gasteiger partial charge in [0.1, 0.15) is 6.17 Å². The van der Waals surface area contributed by atoms with Crippen LogP contribution in [0.2, 0.25) is 0 Å². The average molecular weight is 341 g/mol. The van der Waals surface area contributed by atoms with Crippen molar-refractivity contribution in [3.63, 3.8) is 0 Å². The third-order valence-corrected chi connectivity index (χ3v) is 4.57. The van der Waals surface area contributed by atoms with Gasteiger partial charge in [0.05, 0.1) is 11.4 Å². The topological polar surface area (TPSA) is 29.9 Å². The van der Waals surface area contributed by atoms with Crippen molar-refractivity contribution >= 4 is 0 Å². The Bertz CT molecular complexity index is 734. The highest BCUT2D eigenvalue weighted by molar-refractivity contribution is 5.64. The van der Waals surface area contributed by atoms with E-state index in [4.69, 9.17) is 0 Å². The van der Waals surface area contributed by atoms with Crippen LogP contribution in [0.5, 0.6) is 0 Å². The predicted molar refractivity (Wildman–Crippen MR) is 82.6 cm³/mol. The van der Waals surface area contributed by atoms with E-state index in [2.05, 4.69) is 10.4 Å². The molecule has 1 aromatic carbocycles. The molecule has 1 aliphatic carbocycles. The highest BCUT2D eigenvalue weighted by Crippen LogP contribution is 2.28. The van der Waals surface area contributed by atoms with Crippen molar-refractivity contribution in [2.75, 3.05) is 0 Å². The van der Waals surface area contributed by atoms with Crippen LogP contribution in [0.25, 0.3) is 11.3 Å². The first kappa shape index (κ1) is 17.0. The van der Waals surface area contributed by atoms with Gasteiger partial charge in [0.25, 0.3) is 0 Å². The van der Waals surface area contributed by atoms with Crippen molar-refractivity contribution < 1.29 is 17.6 Å². The number of alkyl halides is 1. The van der Waals surface area contributed by atoms with Crippen LogP contribution in [-0.2, 0) is 13.6 Å². The van der Waals surface area contributed by atoms with Crippen LogP contribution in [0.4, 0.5) is 17.6 Å². The van der Waals surface area contributed by atoms with E-state index >= 15 is 0 Å². The summed E-state index contributed by atoms with van der Waals surface area (Å²) in [5, 5.41) is 7.64. The van der Waals surface area contributed by atoms with Gasteiger partial charge in [0.15, 0.2) is 17.5 Å². The lowest BCUT2D eigenvalue weighted by molar-refractivity contribution is 0.333. The zero-order valence-electron chi connectivity index (χ0n) is 13.5. The molecule has 7 heteroatoms. The highest BCUT2D eigenvalue weighted by Gasteiger charge is 2.24. The molecule has 0 unspecified atom stereocenters. The fourth-order valence-corrected chi connectivity index (χ4v) is 3.30. The minimum Gasteiger partial charge on any atom is -0.308 e. The Morgan fingerprint density at radius 1 is 1.21 bits per heavy atom. The molecule has 0 saturated heterocycles. The lowest BCUT2D eigenvalue weighted by atomic mass is 10.1. The van der Waals surface area contributed by atoms with E-state index in [1.807, 2.05) is 0 Å². The molecule has 2 aromatic rings. The van der Waals surface area contributed by atoms with Gasteiger partial charge in [-0.3, -0.25) is 4.68 Å². The van der Waals surface area contributed by atoms with Gasteiger partial charge < -0.3 is 5.32 Å². The number of hydrogen-bond acceptors (Lipinski definition) is 2. The molecule has 1 fully saturated rings. The predicted octanol–water partition coefficient (Wildman–Crippen LogP) is 3.79. The zero-order valence-corrected chi connectivity index (χ0v) is 13.5. The summed E-state index contributed by atoms with van der Waals surface area (Å²) in [4.78, 5) is 0. The van der Waals surface area contributed by atoms with Crippen molar-refractivity contribution in [1.29, 1.82) is 0 Å². The standard InChI is InChI=1S/C17H19F4N3/c1-9-15(8-22-12-4-3-11(18)7-12)23-24(2)17(9)10-5-13(19)16(21)14(20)6-10/h5-6,11-12,22H,3-4,7-8H2,1-2H3/t11-,12+/m1/s1. The van der Waals surface area contributed by atoms with Crippen molar-refractivity contribution in [2.24, 2.45) is 7.05 Å². The van der Waals surface area contributed by atoms with E-state index in [0.29, 0.717) is 25.1 Å². The molecule has 0 bridgehead atoms. The van der Waals surface area contributed by atoms with Crippen LogP contribution in [0.3, 0.4) is 0 Å². The highest BCUT2D eigenvalue weighted by atomic mass is 19.2. The molecule has 1 aromatic heterocycles. The Labute approximate surface area is 137 Å². The third kappa shape index (κ3) is 3.17. The first-order chi connectivity index (χ1) is 11.4. The molecule has 0 amide bonds. The second-order valence-electron chi connectivity index (χ2n) is 6.29. The van der Waals surface area contributed by atoms with Gasteiger partial charge in [0, 0.05) is 25.2 Å². The summed E-state index contributed by atoms with van der Waals surface area (Å²) in [6, 6.07) is 2.04. The van der Waals surface area contributed by atoms with Crippen LogP contribution in [0.1, 0.15) is 30.5 Å². The normalized spacial score (nSPS) is 20.8. The van der Waals surface area contributed by atoms with Gasteiger partial charge in [-0.05, 0) is 43.9 Å². The number of halogens is 4. The van der Waals surface area contributed by atoms with Crippen LogP contribution >= 0.6 is 0 Å². The van der Waals surface area contributed by atoms with Crippen LogP contribution in [0.15, 0.2) is 12.1 Å². The molecule has 24 heavy (non-hydrogen) atoms. The molecule has 0 spiro atoms. The van der Waals surface area contributed by atoms with Gasteiger partial charge in [-0.15, -0.1) is 0 Å². The largest absolute Gasteiger partial charge is 0.308 e. The molecular weight excluding hydrogens is 322 g/mol. The summed E-state index contributed by atoms with van der Waals surface area (Å²) < 4.78 is 54.9. The molecule has 0 radical (unpaired) electrons. The Kier molecular flexibility index (Phi) is 4.62. The van der Waals surface area contributed by atoms with E-state index < -0.39 is 23.6 Å². The van der Waals surface area contributed by atoms with Gasteiger partial charge >= 0.3 is 0 Å². The maximum atomic E-state index is 13.5. The van der Waals surface area contributed by atoms with Crippen molar-refractivity contribution in [3.8, 4) is 11.3 Å². The lowest BCUT2D eigenvalue weighted by Crippen LogP contribution is -2.26. The lowest BCUT2D eigenvalue weighted by Gasteiger charge is -2.10. The van der Waals surface area contributed by atoms with E-state index in [9.17, 15) is 17.6 Å². The quantitative estimate of drug-likeness (QED) is 0.677. The Hall–Kier alpha value is -1.89. The molecule has 130 valence electrons. The average Bonchev–Trinajstić information content (AvgIpc) is 3.05. The van der Waals surface area contributed by atoms with Crippen molar-refractivity contribution in [2.45, 2.75) is 44.9 Å². The SMILES string of the molecule is Cc1c(CN[C@H]2CC[C@@H](F)C2)nn(C)c1-c1cc(F)c(F)c(F)c1. The summed E-state index contributed by atoms with van der Waals surface area (Å²) in [5.41, 5.74) is 2.24. The molecular formula is C17H19F4N3. The van der Waals surface area contributed by atoms with Crippen molar-refractivity contribution in [3.05, 3.63) is 40.8 Å². The summed E-state index contributed by atoms with van der Waals surface area (Å²) in [7, 11) is 1.66. The Morgan fingerprint density at radius 3 is 2.46 bits per heavy atom. The number of aromatic nitrogens is 2. The van der Waals surface area contributed by atoms with Crippen LogP contribution < -0.4 is 5.32 Å². The van der Waals surface area contributed by atoms with E-state index in [-0.39, 0.29) is 11.6 Å². The van der Waals surface area contributed by atoms with Gasteiger partial charge in [-0.1, -0.05) is 0 Å². The van der Waals surface area contributed by atoms with E-state index in [1.165, 1.54) is 4.68 Å². The van der Waals surface area contributed by atoms with E-state index in [1.54, 1.807) is 14.0 Å². The molecule has 1 N–H and O–H groups in total. The molecule has 3 rings (SSSR count).